The molecule has 0 aliphatic heterocycles. The Hall–Kier alpha value is -1.86. The number of halogens is 1. The van der Waals surface area contributed by atoms with Crippen LogP contribution in [0.1, 0.15) is 25.6 Å². The number of aromatic amines is 1. The topological polar surface area (TPSA) is 80.5 Å². The Labute approximate surface area is 143 Å². The Balaban J connectivity index is 1.61. The molecule has 0 saturated carbocycles. The van der Waals surface area contributed by atoms with Gasteiger partial charge < -0.3 is 4.52 Å². The highest BCUT2D eigenvalue weighted by molar-refractivity contribution is 7.98. The fraction of sp³-hybridized carbons (Fsp3) is 0.333. The van der Waals surface area contributed by atoms with Crippen LogP contribution in [0.3, 0.4) is 0 Å². The number of aromatic nitrogens is 5. The summed E-state index contributed by atoms with van der Waals surface area (Å²) in [6.07, 6.45) is 0.815. The zero-order valence-corrected chi connectivity index (χ0v) is 14.4. The quantitative estimate of drug-likeness (QED) is 0.677. The molecule has 0 aliphatic carbocycles. The van der Waals surface area contributed by atoms with Gasteiger partial charge in [0.2, 0.25) is 11.0 Å². The second-order valence-corrected chi connectivity index (χ2v) is 6.84. The van der Waals surface area contributed by atoms with Gasteiger partial charge in [-0.15, -0.1) is 5.10 Å². The zero-order valence-electron chi connectivity index (χ0n) is 12.8. The standard InChI is InChI=1S/C15H16ClN5OS/c1-9(2)7-12-17-13(22-21-12)8-23-15-18-14(19-20-15)10-3-5-11(16)6-4-10/h3-6,9H,7-8H2,1-2H3,(H,18,19,20). The van der Waals surface area contributed by atoms with Gasteiger partial charge in [-0.3, -0.25) is 5.10 Å². The number of hydrogen-bond acceptors (Lipinski definition) is 6. The van der Waals surface area contributed by atoms with Crippen LogP contribution in [0.25, 0.3) is 11.4 Å². The van der Waals surface area contributed by atoms with Crippen molar-refractivity contribution in [1.29, 1.82) is 0 Å². The molecule has 0 fully saturated rings. The van der Waals surface area contributed by atoms with Crippen molar-refractivity contribution in [3.05, 3.63) is 41.0 Å². The van der Waals surface area contributed by atoms with E-state index in [2.05, 4.69) is 39.2 Å². The van der Waals surface area contributed by atoms with Gasteiger partial charge in [0.05, 0.1) is 5.75 Å². The lowest BCUT2D eigenvalue weighted by atomic mass is 10.1. The highest BCUT2D eigenvalue weighted by atomic mass is 35.5. The number of thioether (sulfide) groups is 1. The van der Waals surface area contributed by atoms with E-state index in [0.717, 1.165) is 17.8 Å². The van der Waals surface area contributed by atoms with Gasteiger partial charge in [0.15, 0.2) is 11.6 Å². The molecule has 2 heterocycles. The van der Waals surface area contributed by atoms with E-state index < -0.39 is 0 Å². The van der Waals surface area contributed by atoms with E-state index in [0.29, 0.717) is 33.6 Å². The lowest BCUT2D eigenvalue weighted by molar-refractivity contribution is 0.382. The molecule has 0 amide bonds. The van der Waals surface area contributed by atoms with Gasteiger partial charge in [0.1, 0.15) is 0 Å². The molecule has 6 nitrogen and oxygen atoms in total. The summed E-state index contributed by atoms with van der Waals surface area (Å²) in [5, 5.41) is 12.4. The Morgan fingerprint density at radius 1 is 1.22 bits per heavy atom. The molecular formula is C15H16ClN5OS. The molecule has 8 heteroatoms. The first-order chi connectivity index (χ1) is 11.1. The first kappa shape index (κ1) is 16.0. The van der Waals surface area contributed by atoms with Gasteiger partial charge in [-0.05, 0) is 30.2 Å². The minimum absolute atomic E-state index is 0.503. The Kier molecular flexibility index (Phi) is 4.97. The second-order valence-electron chi connectivity index (χ2n) is 5.46. The van der Waals surface area contributed by atoms with Crippen LogP contribution in [-0.2, 0) is 12.2 Å². The van der Waals surface area contributed by atoms with Crippen molar-refractivity contribution in [3.8, 4) is 11.4 Å². The van der Waals surface area contributed by atoms with E-state index in [-0.39, 0.29) is 0 Å². The molecule has 0 atom stereocenters. The minimum atomic E-state index is 0.503. The molecule has 3 rings (SSSR count). The van der Waals surface area contributed by atoms with Gasteiger partial charge in [-0.2, -0.15) is 4.98 Å². The molecule has 0 aliphatic rings. The predicted octanol–water partition coefficient (Wildman–Crippen LogP) is 4.00. The van der Waals surface area contributed by atoms with Crippen LogP contribution >= 0.6 is 23.4 Å². The lowest BCUT2D eigenvalue weighted by Crippen LogP contribution is -1.96. The van der Waals surface area contributed by atoms with Crippen LogP contribution in [0.5, 0.6) is 0 Å². The van der Waals surface area contributed by atoms with E-state index in [1.54, 1.807) is 0 Å². The van der Waals surface area contributed by atoms with Crippen molar-refractivity contribution in [2.24, 2.45) is 5.92 Å². The summed E-state index contributed by atoms with van der Waals surface area (Å²) in [6, 6.07) is 7.43. The van der Waals surface area contributed by atoms with Crippen molar-refractivity contribution in [1.82, 2.24) is 25.3 Å². The third kappa shape index (κ3) is 4.33. The van der Waals surface area contributed by atoms with E-state index in [4.69, 9.17) is 16.1 Å². The normalized spacial score (nSPS) is 11.3. The summed E-state index contributed by atoms with van der Waals surface area (Å²) in [5.41, 5.74) is 0.936. The van der Waals surface area contributed by atoms with Crippen molar-refractivity contribution >= 4 is 23.4 Å². The Morgan fingerprint density at radius 2 is 2.00 bits per heavy atom. The molecule has 1 aromatic carbocycles. The van der Waals surface area contributed by atoms with Gasteiger partial charge in [0.25, 0.3) is 0 Å². The average molecular weight is 350 g/mol. The molecule has 0 radical (unpaired) electrons. The van der Waals surface area contributed by atoms with Crippen molar-refractivity contribution in [3.63, 3.8) is 0 Å². The third-order valence-electron chi connectivity index (χ3n) is 3.01. The van der Waals surface area contributed by atoms with E-state index in [9.17, 15) is 0 Å². The number of benzene rings is 1. The fourth-order valence-corrected chi connectivity index (χ4v) is 2.73. The minimum Gasteiger partial charge on any atom is -0.338 e. The fourth-order valence-electron chi connectivity index (χ4n) is 1.97. The molecule has 0 saturated heterocycles. The predicted molar refractivity (Wildman–Crippen MR) is 89.2 cm³/mol. The smallest absolute Gasteiger partial charge is 0.237 e. The second kappa shape index (κ2) is 7.14. The van der Waals surface area contributed by atoms with Gasteiger partial charge in [-0.25, -0.2) is 4.98 Å². The summed E-state index contributed by atoms with van der Waals surface area (Å²) in [4.78, 5) is 8.80. The number of H-pyrrole nitrogens is 1. The van der Waals surface area contributed by atoms with Crippen LogP contribution < -0.4 is 0 Å². The highest BCUT2D eigenvalue weighted by Gasteiger charge is 2.11. The molecule has 1 N–H and O–H groups in total. The van der Waals surface area contributed by atoms with Gasteiger partial charge in [-0.1, -0.05) is 42.4 Å². The zero-order chi connectivity index (χ0) is 16.2. The summed E-state index contributed by atoms with van der Waals surface area (Å²) < 4.78 is 5.23. The first-order valence-electron chi connectivity index (χ1n) is 7.23. The van der Waals surface area contributed by atoms with Crippen molar-refractivity contribution in [2.75, 3.05) is 0 Å². The van der Waals surface area contributed by atoms with Gasteiger partial charge in [0, 0.05) is 17.0 Å². The van der Waals surface area contributed by atoms with Crippen LogP contribution in [0, 0.1) is 5.92 Å². The third-order valence-corrected chi connectivity index (χ3v) is 4.09. The van der Waals surface area contributed by atoms with E-state index in [1.807, 2.05) is 24.3 Å². The maximum Gasteiger partial charge on any atom is 0.237 e. The molecule has 0 spiro atoms. The van der Waals surface area contributed by atoms with E-state index in [1.165, 1.54) is 11.8 Å². The first-order valence-corrected chi connectivity index (χ1v) is 8.59. The van der Waals surface area contributed by atoms with Gasteiger partial charge >= 0.3 is 0 Å². The molecule has 0 unspecified atom stereocenters. The highest BCUT2D eigenvalue weighted by Crippen LogP contribution is 2.23. The number of nitrogens with zero attached hydrogens (tertiary/aromatic N) is 4. The maximum absolute atomic E-state index is 5.88. The van der Waals surface area contributed by atoms with Crippen LogP contribution in [0.4, 0.5) is 0 Å². The summed E-state index contributed by atoms with van der Waals surface area (Å²) in [6.45, 7) is 4.24. The molecule has 23 heavy (non-hydrogen) atoms. The van der Waals surface area contributed by atoms with Crippen molar-refractivity contribution < 1.29 is 4.52 Å². The molecule has 0 bridgehead atoms. The summed E-state index contributed by atoms with van der Waals surface area (Å²) in [7, 11) is 0. The number of hydrogen-bond donors (Lipinski definition) is 1. The van der Waals surface area contributed by atoms with Crippen LogP contribution in [-0.4, -0.2) is 25.3 Å². The Bertz CT molecular complexity index is 768. The SMILES string of the molecule is CC(C)Cc1noc(CSc2n[nH]c(-c3ccc(Cl)cc3)n2)n1. The average Bonchev–Trinajstić information content (AvgIpc) is 3.14. The molecule has 2 aromatic heterocycles. The van der Waals surface area contributed by atoms with E-state index >= 15 is 0 Å². The summed E-state index contributed by atoms with van der Waals surface area (Å²) >= 11 is 7.33. The maximum atomic E-state index is 5.88. The van der Waals surface area contributed by atoms with Crippen LogP contribution in [0.2, 0.25) is 5.02 Å². The lowest BCUT2D eigenvalue weighted by Gasteiger charge is -1.96. The molecule has 3 aromatic rings. The monoisotopic (exact) mass is 349 g/mol. The van der Waals surface area contributed by atoms with Crippen molar-refractivity contribution in [2.45, 2.75) is 31.2 Å². The number of rotatable bonds is 6. The number of nitrogens with one attached hydrogen (secondary N) is 1. The largest absolute Gasteiger partial charge is 0.338 e. The Morgan fingerprint density at radius 3 is 2.74 bits per heavy atom. The molecular weight excluding hydrogens is 334 g/mol. The summed E-state index contributed by atoms with van der Waals surface area (Å²) in [5.74, 6) is 3.08. The molecule has 120 valence electrons. The van der Waals surface area contributed by atoms with Crippen LogP contribution in [0.15, 0.2) is 33.9 Å².